The van der Waals surface area contributed by atoms with Crippen LogP contribution < -0.4 is 14.2 Å². The van der Waals surface area contributed by atoms with E-state index in [1.807, 2.05) is 36.0 Å². The standard InChI is InChI=1S/C26H18ClNO5/c1-28-14-16(21-12-18(31-2)8-10-22(21)28)11-24-25(29)20-9-7-19(13-23(20)33-24)32-26(30)15-3-5-17(27)6-4-15/h3-14H,1-2H3. The van der Waals surface area contributed by atoms with Gasteiger partial charge in [-0.15, -0.1) is 0 Å². The number of hydrogen-bond donors (Lipinski definition) is 0. The number of esters is 1. The Bertz CT molecular complexity index is 1450. The molecule has 2 heterocycles. The van der Waals surface area contributed by atoms with Crippen LogP contribution >= 0.6 is 11.6 Å². The first-order valence-corrected chi connectivity index (χ1v) is 10.5. The Morgan fingerprint density at radius 1 is 1.03 bits per heavy atom. The summed E-state index contributed by atoms with van der Waals surface area (Å²) in [6.45, 7) is 0. The van der Waals surface area contributed by atoms with Crippen LogP contribution in [0, 0.1) is 0 Å². The van der Waals surface area contributed by atoms with Crippen molar-refractivity contribution < 1.29 is 23.8 Å². The fraction of sp³-hybridized carbons (Fsp3) is 0.0769. The smallest absolute Gasteiger partial charge is 0.343 e. The van der Waals surface area contributed by atoms with Gasteiger partial charge in [-0.2, -0.15) is 0 Å². The Morgan fingerprint density at radius 3 is 2.55 bits per heavy atom. The molecule has 0 unspecified atom stereocenters. The predicted molar refractivity (Wildman–Crippen MR) is 125 cm³/mol. The van der Waals surface area contributed by atoms with Crippen molar-refractivity contribution in [3.8, 4) is 17.2 Å². The van der Waals surface area contributed by atoms with Crippen LogP contribution in [0.15, 0.2) is 72.6 Å². The average molecular weight is 460 g/mol. The van der Waals surface area contributed by atoms with Gasteiger partial charge in [0.1, 0.15) is 17.2 Å². The molecule has 0 fully saturated rings. The lowest BCUT2D eigenvalue weighted by atomic mass is 10.1. The summed E-state index contributed by atoms with van der Waals surface area (Å²) in [6, 6.07) is 16.9. The summed E-state index contributed by atoms with van der Waals surface area (Å²) in [5.41, 5.74) is 2.60. The maximum atomic E-state index is 12.9. The van der Waals surface area contributed by atoms with Crippen molar-refractivity contribution in [2.75, 3.05) is 7.11 Å². The van der Waals surface area contributed by atoms with Crippen molar-refractivity contribution in [2.24, 2.45) is 7.05 Å². The van der Waals surface area contributed by atoms with Gasteiger partial charge in [0.2, 0.25) is 5.78 Å². The van der Waals surface area contributed by atoms with Crippen molar-refractivity contribution in [3.63, 3.8) is 0 Å². The second-order valence-corrected chi connectivity index (χ2v) is 8.01. The molecule has 33 heavy (non-hydrogen) atoms. The molecule has 1 aliphatic rings. The van der Waals surface area contributed by atoms with E-state index in [-0.39, 0.29) is 17.3 Å². The molecule has 3 aromatic carbocycles. The minimum absolute atomic E-state index is 0.196. The van der Waals surface area contributed by atoms with E-state index in [9.17, 15) is 9.59 Å². The Morgan fingerprint density at radius 2 is 1.79 bits per heavy atom. The lowest BCUT2D eigenvalue weighted by Gasteiger charge is -2.05. The van der Waals surface area contributed by atoms with Gasteiger partial charge in [0.25, 0.3) is 0 Å². The summed E-state index contributed by atoms with van der Waals surface area (Å²) in [5.74, 6) is 0.768. The number of fused-ring (bicyclic) bond motifs is 2. The quantitative estimate of drug-likeness (QED) is 0.223. The first-order chi connectivity index (χ1) is 15.9. The van der Waals surface area contributed by atoms with Gasteiger partial charge in [-0.1, -0.05) is 11.6 Å². The number of nitrogens with zero attached hydrogens (tertiary/aromatic N) is 1. The highest BCUT2D eigenvalue weighted by Crippen LogP contribution is 2.36. The monoisotopic (exact) mass is 459 g/mol. The summed E-state index contributed by atoms with van der Waals surface area (Å²) in [5, 5.41) is 1.47. The molecule has 0 saturated heterocycles. The van der Waals surface area contributed by atoms with Gasteiger partial charge in [0.15, 0.2) is 5.76 Å². The molecule has 4 aromatic rings. The van der Waals surface area contributed by atoms with Crippen molar-refractivity contribution in [1.82, 2.24) is 4.57 Å². The van der Waals surface area contributed by atoms with Gasteiger partial charge in [0, 0.05) is 40.8 Å². The second kappa shape index (κ2) is 8.15. The van der Waals surface area contributed by atoms with Crippen molar-refractivity contribution in [1.29, 1.82) is 0 Å². The number of Topliss-reactive ketones (excluding diaryl/α,β-unsaturated/α-hetero) is 1. The summed E-state index contributed by atoms with van der Waals surface area (Å²) in [7, 11) is 3.55. The lowest BCUT2D eigenvalue weighted by Crippen LogP contribution is -2.08. The molecule has 7 heteroatoms. The number of methoxy groups -OCH3 is 1. The molecular weight excluding hydrogens is 442 g/mol. The number of benzene rings is 3. The van der Waals surface area contributed by atoms with Crippen LogP contribution in [0.5, 0.6) is 17.2 Å². The van der Waals surface area contributed by atoms with E-state index < -0.39 is 5.97 Å². The zero-order valence-electron chi connectivity index (χ0n) is 17.8. The van der Waals surface area contributed by atoms with Gasteiger partial charge in [0.05, 0.1) is 18.2 Å². The van der Waals surface area contributed by atoms with Crippen LogP contribution in [0.4, 0.5) is 0 Å². The van der Waals surface area contributed by atoms with Crippen LogP contribution in [-0.2, 0) is 7.05 Å². The normalized spacial score (nSPS) is 13.8. The van der Waals surface area contributed by atoms with Crippen LogP contribution in [-0.4, -0.2) is 23.4 Å². The molecule has 0 bridgehead atoms. The first kappa shape index (κ1) is 20.8. The van der Waals surface area contributed by atoms with Gasteiger partial charge in [-0.3, -0.25) is 4.79 Å². The number of ketones is 1. The molecule has 6 nitrogen and oxygen atoms in total. The highest BCUT2D eigenvalue weighted by molar-refractivity contribution is 6.30. The molecule has 0 atom stereocenters. The summed E-state index contributed by atoms with van der Waals surface area (Å²) < 4.78 is 18.6. The highest BCUT2D eigenvalue weighted by Gasteiger charge is 2.28. The third-order valence-electron chi connectivity index (χ3n) is 5.45. The molecule has 5 rings (SSSR count). The van der Waals surface area contributed by atoms with Crippen molar-refractivity contribution in [2.45, 2.75) is 0 Å². The molecule has 164 valence electrons. The Hall–Kier alpha value is -4.03. The van der Waals surface area contributed by atoms with Crippen molar-refractivity contribution >= 4 is 40.3 Å². The van der Waals surface area contributed by atoms with E-state index in [0.29, 0.717) is 21.9 Å². The van der Waals surface area contributed by atoms with Crippen LogP contribution in [0.3, 0.4) is 0 Å². The van der Waals surface area contributed by atoms with Crippen LogP contribution in [0.25, 0.3) is 17.0 Å². The summed E-state index contributed by atoms with van der Waals surface area (Å²) >= 11 is 5.86. The Kier molecular flexibility index (Phi) is 5.15. The predicted octanol–water partition coefficient (Wildman–Crippen LogP) is 5.68. The summed E-state index contributed by atoms with van der Waals surface area (Å²) in [6.07, 6.45) is 3.64. The first-order valence-electron chi connectivity index (χ1n) is 10.1. The fourth-order valence-corrected chi connectivity index (χ4v) is 3.89. The van der Waals surface area contributed by atoms with Crippen molar-refractivity contribution in [3.05, 3.63) is 94.3 Å². The van der Waals surface area contributed by atoms with E-state index >= 15 is 0 Å². The Labute approximate surface area is 194 Å². The number of carbonyl (C=O) groups is 2. The van der Waals surface area contributed by atoms with E-state index in [4.69, 9.17) is 25.8 Å². The molecule has 0 spiro atoms. The number of rotatable bonds is 4. The zero-order chi connectivity index (χ0) is 23.1. The topological polar surface area (TPSA) is 66.8 Å². The van der Waals surface area contributed by atoms with Gasteiger partial charge in [-0.25, -0.2) is 4.79 Å². The van der Waals surface area contributed by atoms with Gasteiger partial charge < -0.3 is 18.8 Å². The number of aryl methyl sites for hydroxylation is 1. The molecule has 0 radical (unpaired) electrons. The maximum absolute atomic E-state index is 12.9. The zero-order valence-corrected chi connectivity index (χ0v) is 18.6. The molecule has 0 N–H and O–H groups in total. The number of halogens is 1. The molecule has 0 aliphatic carbocycles. The number of ether oxygens (including phenoxy) is 3. The Balaban J connectivity index is 1.42. The van der Waals surface area contributed by atoms with Crippen LogP contribution in [0.2, 0.25) is 5.02 Å². The minimum Gasteiger partial charge on any atom is -0.497 e. The van der Waals surface area contributed by atoms with E-state index in [0.717, 1.165) is 22.2 Å². The van der Waals surface area contributed by atoms with Gasteiger partial charge >= 0.3 is 5.97 Å². The number of carbonyl (C=O) groups excluding carboxylic acids is 2. The van der Waals surface area contributed by atoms with Gasteiger partial charge in [-0.05, 0) is 60.7 Å². The maximum Gasteiger partial charge on any atom is 0.343 e. The SMILES string of the molecule is COc1ccc2c(c1)c(C=C1Oc3cc(OC(=O)c4ccc(Cl)cc4)ccc3C1=O)cn2C. The molecule has 0 saturated carbocycles. The third kappa shape index (κ3) is 3.85. The average Bonchev–Trinajstić information content (AvgIpc) is 3.29. The second-order valence-electron chi connectivity index (χ2n) is 7.57. The fourth-order valence-electron chi connectivity index (χ4n) is 3.77. The molecule has 1 aromatic heterocycles. The largest absolute Gasteiger partial charge is 0.497 e. The van der Waals surface area contributed by atoms with E-state index in [2.05, 4.69) is 0 Å². The number of hydrogen-bond acceptors (Lipinski definition) is 5. The van der Waals surface area contributed by atoms with E-state index in [1.165, 1.54) is 6.07 Å². The third-order valence-corrected chi connectivity index (χ3v) is 5.70. The lowest BCUT2D eigenvalue weighted by molar-refractivity contribution is 0.0734. The molecule has 0 amide bonds. The molecular formula is C26H18ClNO5. The number of allylic oxidation sites excluding steroid dienone is 1. The summed E-state index contributed by atoms with van der Waals surface area (Å²) in [4.78, 5) is 25.3. The highest BCUT2D eigenvalue weighted by atomic mass is 35.5. The van der Waals surface area contributed by atoms with Crippen LogP contribution in [0.1, 0.15) is 26.3 Å². The van der Waals surface area contributed by atoms with E-state index in [1.54, 1.807) is 49.6 Å². The molecule has 1 aliphatic heterocycles. The number of aromatic nitrogens is 1. The minimum atomic E-state index is -0.531.